The molecule has 0 aliphatic carbocycles. The zero-order chi connectivity index (χ0) is 21.8. The molecule has 0 N–H and O–H groups in total. The van der Waals surface area contributed by atoms with Gasteiger partial charge in [0, 0.05) is 55.5 Å². The second-order valence-corrected chi connectivity index (χ2v) is 10.1. The topological polar surface area (TPSA) is 83.7 Å². The zero-order valence-electron chi connectivity index (χ0n) is 17.2. The molecule has 4 rings (SSSR count). The highest BCUT2D eigenvalue weighted by Gasteiger charge is 2.27. The average Bonchev–Trinajstić information content (AvgIpc) is 3.30. The summed E-state index contributed by atoms with van der Waals surface area (Å²) >= 11 is 3.29. The molecule has 0 atom stereocenters. The molecule has 1 aliphatic rings. The van der Waals surface area contributed by atoms with Crippen LogP contribution in [0.15, 0.2) is 79.7 Å². The van der Waals surface area contributed by atoms with Crippen molar-refractivity contribution < 1.29 is 17.6 Å². The third-order valence-corrected chi connectivity index (χ3v) is 7.42. The lowest BCUT2D eigenvalue weighted by molar-refractivity contribution is 0.0602. The molecule has 0 bridgehead atoms. The van der Waals surface area contributed by atoms with E-state index in [-0.39, 0.29) is 34.1 Å². The Morgan fingerprint density at radius 3 is 2.38 bits per heavy atom. The van der Waals surface area contributed by atoms with Crippen molar-refractivity contribution in [2.24, 2.45) is 0 Å². The highest BCUT2D eigenvalue weighted by molar-refractivity contribution is 9.10. The van der Waals surface area contributed by atoms with Gasteiger partial charge in [0.2, 0.25) is 14.9 Å². The number of amides is 1. The zero-order valence-corrected chi connectivity index (χ0v) is 20.4. The molecule has 7 nitrogen and oxygen atoms in total. The van der Waals surface area contributed by atoms with Crippen LogP contribution >= 0.6 is 28.3 Å². The molecule has 0 unspecified atom stereocenters. The normalized spacial score (nSPS) is 14.7. The molecule has 1 aromatic carbocycles. The Morgan fingerprint density at radius 2 is 1.72 bits per heavy atom. The highest BCUT2D eigenvalue weighted by atomic mass is 79.9. The number of piperazine rings is 1. The third kappa shape index (κ3) is 5.58. The van der Waals surface area contributed by atoms with Crippen LogP contribution in [0.25, 0.3) is 0 Å². The molecule has 1 saturated heterocycles. The van der Waals surface area contributed by atoms with Gasteiger partial charge in [0.05, 0.1) is 4.90 Å². The van der Waals surface area contributed by atoms with Gasteiger partial charge >= 0.3 is 0 Å². The molecule has 170 valence electrons. The summed E-state index contributed by atoms with van der Waals surface area (Å²) in [7, 11) is -3.81. The van der Waals surface area contributed by atoms with Crippen molar-refractivity contribution in [3.63, 3.8) is 0 Å². The Hall–Kier alpha value is -2.20. The number of hydrogen-bond acceptors (Lipinski definition) is 6. The Morgan fingerprint density at radius 1 is 1.00 bits per heavy atom. The molecule has 3 heterocycles. The van der Waals surface area contributed by atoms with Crippen LogP contribution in [0, 0.1) is 0 Å². The highest BCUT2D eigenvalue weighted by Crippen LogP contribution is 2.25. The van der Waals surface area contributed by atoms with Gasteiger partial charge in [-0.2, -0.15) is 0 Å². The van der Waals surface area contributed by atoms with Crippen molar-refractivity contribution >= 4 is 44.1 Å². The molecule has 1 aliphatic heterocycles. The fourth-order valence-corrected chi connectivity index (χ4v) is 4.90. The first-order valence-electron chi connectivity index (χ1n) is 9.95. The number of benzene rings is 1. The van der Waals surface area contributed by atoms with Crippen LogP contribution < -0.4 is 0 Å². The molecule has 1 fully saturated rings. The lowest BCUT2D eigenvalue weighted by atomic mass is 10.2. The number of halogens is 2. The first-order valence-corrected chi connectivity index (χ1v) is 12.2. The van der Waals surface area contributed by atoms with Gasteiger partial charge in [-0.15, -0.1) is 12.4 Å². The quantitative estimate of drug-likeness (QED) is 0.474. The smallest absolute Gasteiger partial charge is 0.289 e. The Kier molecular flexibility index (Phi) is 8.10. The summed E-state index contributed by atoms with van der Waals surface area (Å²) in [4.78, 5) is 21.3. The average molecular weight is 541 g/mol. The summed E-state index contributed by atoms with van der Waals surface area (Å²) in [6.07, 6.45) is 2.66. The number of nitrogens with zero attached hydrogens (tertiary/aromatic N) is 3. The summed E-state index contributed by atoms with van der Waals surface area (Å²) in [5.74, 6) is -0.251. The molecule has 2 aromatic heterocycles. The number of aromatic nitrogens is 1. The largest absolute Gasteiger partial charge is 0.439 e. The van der Waals surface area contributed by atoms with Gasteiger partial charge in [0.1, 0.15) is 0 Å². The van der Waals surface area contributed by atoms with Crippen LogP contribution in [-0.2, 0) is 16.3 Å². The van der Waals surface area contributed by atoms with Crippen LogP contribution in [0.5, 0.6) is 0 Å². The van der Waals surface area contributed by atoms with E-state index in [0.717, 1.165) is 36.2 Å². The Labute approximate surface area is 201 Å². The number of furan rings is 1. The van der Waals surface area contributed by atoms with Gasteiger partial charge in [-0.25, -0.2) is 8.42 Å². The first kappa shape index (κ1) is 24.4. The summed E-state index contributed by atoms with van der Waals surface area (Å²) in [5, 5.41) is -0.229. The molecule has 1 amide bonds. The molecule has 0 radical (unpaired) electrons. The predicted octanol–water partition coefficient (Wildman–Crippen LogP) is 3.69. The minimum absolute atomic E-state index is 0. The van der Waals surface area contributed by atoms with Crippen molar-refractivity contribution in [3.05, 3.63) is 76.7 Å². The van der Waals surface area contributed by atoms with Gasteiger partial charge in [0.15, 0.2) is 5.76 Å². The number of carbonyl (C=O) groups is 1. The van der Waals surface area contributed by atoms with E-state index in [9.17, 15) is 13.2 Å². The second-order valence-electron chi connectivity index (χ2n) is 7.28. The molecule has 0 spiro atoms. The van der Waals surface area contributed by atoms with E-state index in [2.05, 4.69) is 25.8 Å². The molecular weight excluding hydrogens is 518 g/mol. The van der Waals surface area contributed by atoms with Crippen LogP contribution in [0.3, 0.4) is 0 Å². The lowest BCUT2D eigenvalue weighted by Gasteiger charge is -2.34. The SMILES string of the molecule is Cl.O=C(c1ccc(S(=O)(=O)c2ccc(Br)cc2)o1)N1CCN(CCc2ccccn2)CC1. The van der Waals surface area contributed by atoms with Gasteiger partial charge in [-0.3, -0.25) is 14.7 Å². The molecule has 0 saturated carbocycles. The van der Waals surface area contributed by atoms with Gasteiger partial charge in [0.25, 0.3) is 5.91 Å². The van der Waals surface area contributed by atoms with Crippen molar-refractivity contribution in [3.8, 4) is 0 Å². The van der Waals surface area contributed by atoms with Gasteiger partial charge in [-0.1, -0.05) is 22.0 Å². The summed E-state index contributed by atoms with van der Waals surface area (Å²) < 4.78 is 31.7. The number of hydrogen-bond donors (Lipinski definition) is 0. The van der Waals surface area contributed by atoms with Crippen molar-refractivity contribution in [1.82, 2.24) is 14.8 Å². The van der Waals surface area contributed by atoms with Crippen LogP contribution in [0.1, 0.15) is 16.2 Å². The number of carbonyl (C=O) groups excluding carboxylic acids is 1. The molecule has 10 heteroatoms. The van der Waals surface area contributed by atoms with Crippen LogP contribution in [0.4, 0.5) is 0 Å². The van der Waals surface area contributed by atoms with E-state index < -0.39 is 9.84 Å². The molecular formula is C22H23BrClN3O4S. The van der Waals surface area contributed by atoms with Crippen LogP contribution in [-0.4, -0.2) is 61.8 Å². The molecule has 32 heavy (non-hydrogen) atoms. The standard InChI is InChI=1S/C22H22BrN3O4S.ClH/c23-17-4-6-19(7-5-17)31(28,29)21-9-8-20(30-21)22(27)26-15-13-25(14-16-26)12-10-18-3-1-2-11-24-18;/h1-9,11H,10,12-16H2;1H. The van der Waals surface area contributed by atoms with Crippen molar-refractivity contribution in [1.29, 1.82) is 0 Å². The predicted molar refractivity (Wildman–Crippen MR) is 126 cm³/mol. The number of rotatable bonds is 6. The fourth-order valence-electron chi connectivity index (χ4n) is 3.46. The fraction of sp³-hybridized carbons (Fsp3) is 0.273. The van der Waals surface area contributed by atoms with E-state index in [1.807, 2.05) is 18.2 Å². The van der Waals surface area contributed by atoms with Crippen molar-refractivity contribution in [2.75, 3.05) is 32.7 Å². The second kappa shape index (κ2) is 10.6. The van der Waals surface area contributed by atoms with Gasteiger partial charge in [-0.05, 0) is 48.5 Å². The van der Waals surface area contributed by atoms with E-state index in [1.54, 1.807) is 23.2 Å². The van der Waals surface area contributed by atoms with Crippen molar-refractivity contribution in [2.45, 2.75) is 16.4 Å². The monoisotopic (exact) mass is 539 g/mol. The van der Waals surface area contributed by atoms with Gasteiger partial charge < -0.3 is 9.32 Å². The maximum absolute atomic E-state index is 12.8. The summed E-state index contributed by atoms with van der Waals surface area (Å²) in [6.45, 7) is 3.52. The first-order chi connectivity index (χ1) is 14.9. The van der Waals surface area contributed by atoms with E-state index in [0.29, 0.717) is 13.1 Å². The summed E-state index contributed by atoms with van der Waals surface area (Å²) in [6, 6.07) is 14.9. The summed E-state index contributed by atoms with van der Waals surface area (Å²) in [5.41, 5.74) is 1.05. The van der Waals surface area contributed by atoms with E-state index >= 15 is 0 Å². The minimum atomic E-state index is -3.81. The number of sulfone groups is 1. The van der Waals surface area contributed by atoms with Crippen LogP contribution in [0.2, 0.25) is 0 Å². The number of pyridine rings is 1. The third-order valence-electron chi connectivity index (χ3n) is 5.25. The minimum Gasteiger partial charge on any atom is -0.439 e. The lowest BCUT2D eigenvalue weighted by Crippen LogP contribution is -2.49. The van der Waals surface area contributed by atoms with E-state index in [4.69, 9.17) is 4.42 Å². The maximum atomic E-state index is 12.8. The Balaban J connectivity index is 0.00000289. The maximum Gasteiger partial charge on any atom is 0.289 e. The molecule has 3 aromatic rings. The Bertz CT molecular complexity index is 1150. The van der Waals surface area contributed by atoms with E-state index in [1.165, 1.54) is 24.3 Å².